The molecule has 0 aliphatic heterocycles. The fourth-order valence-electron chi connectivity index (χ4n) is 7.52. The molecule has 5 rings (SSSR count). The van der Waals surface area contributed by atoms with Crippen LogP contribution in [0.3, 0.4) is 0 Å². The normalized spacial score (nSPS) is 17.1. The van der Waals surface area contributed by atoms with E-state index >= 15 is 0 Å². The Morgan fingerprint density at radius 2 is 1.75 bits per heavy atom. The topological polar surface area (TPSA) is 127 Å². The molecule has 10 nitrogen and oxygen atoms in total. The second-order valence-electron chi connectivity index (χ2n) is 12.6. The van der Waals surface area contributed by atoms with Gasteiger partial charge in [-0.3, -0.25) is 19.4 Å². The minimum atomic E-state index is -0.666. The number of aromatic nitrogens is 5. The van der Waals surface area contributed by atoms with Crippen molar-refractivity contribution in [1.82, 2.24) is 30.3 Å². The Labute approximate surface area is 261 Å². The molecule has 238 valence electrons. The molecule has 3 N–H and O–H groups in total. The zero-order valence-corrected chi connectivity index (χ0v) is 26.6. The summed E-state index contributed by atoms with van der Waals surface area (Å²) >= 11 is 0. The number of H-pyrrole nitrogens is 1. The highest BCUT2D eigenvalue weighted by atomic mass is 16.5. The lowest BCUT2D eigenvalue weighted by molar-refractivity contribution is -0.121. The van der Waals surface area contributed by atoms with E-state index in [1.807, 2.05) is 19.1 Å². The molecule has 2 aliphatic rings. The van der Waals surface area contributed by atoms with E-state index in [-0.39, 0.29) is 17.7 Å². The van der Waals surface area contributed by atoms with Crippen molar-refractivity contribution in [2.45, 2.75) is 103 Å². The summed E-state index contributed by atoms with van der Waals surface area (Å²) in [6.07, 6.45) is 16.6. The van der Waals surface area contributed by atoms with E-state index < -0.39 is 6.04 Å². The smallest absolute Gasteiger partial charge is 0.270 e. The van der Waals surface area contributed by atoms with Gasteiger partial charge in [-0.05, 0) is 55.7 Å². The molecule has 3 heterocycles. The number of methoxy groups -OCH3 is 1. The Morgan fingerprint density at radius 3 is 2.36 bits per heavy atom. The summed E-state index contributed by atoms with van der Waals surface area (Å²) in [7, 11) is 1.67. The van der Waals surface area contributed by atoms with Crippen molar-refractivity contribution >= 4 is 17.6 Å². The van der Waals surface area contributed by atoms with Crippen LogP contribution in [-0.2, 0) is 22.5 Å². The van der Waals surface area contributed by atoms with Crippen LogP contribution in [0.5, 0.6) is 0 Å². The summed E-state index contributed by atoms with van der Waals surface area (Å²) in [5.74, 6) is 0.904. The van der Waals surface area contributed by atoms with Gasteiger partial charge in [-0.1, -0.05) is 71.1 Å². The lowest BCUT2D eigenvalue weighted by Crippen LogP contribution is -2.53. The Bertz CT molecular complexity index is 1340. The first-order valence-corrected chi connectivity index (χ1v) is 16.6. The monoisotopic (exact) mass is 603 g/mol. The van der Waals surface area contributed by atoms with Crippen molar-refractivity contribution in [3.8, 4) is 11.1 Å². The van der Waals surface area contributed by atoms with E-state index in [9.17, 15) is 9.59 Å². The van der Waals surface area contributed by atoms with Gasteiger partial charge in [0.2, 0.25) is 5.91 Å². The third-order valence-electron chi connectivity index (χ3n) is 9.67. The second-order valence-corrected chi connectivity index (χ2v) is 12.6. The van der Waals surface area contributed by atoms with Crippen molar-refractivity contribution in [3.63, 3.8) is 0 Å². The van der Waals surface area contributed by atoms with Crippen LogP contribution in [0.4, 0.5) is 5.82 Å². The number of aromatic amines is 1. The fraction of sp³-hybridized carbons (Fsp3) is 0.618. The minimum Gasteiger partial charge on any atom is -0.385 e. The van der Waals surface area contributed by atoms with Crippen molar-refractivity contribution in [2.24, 2.45) is 17.8 Å². The molecule has 2 aliphatic carbocycles. The third kappa shape index (κ3) is 7.57. The van der Waals surface area contributed by atoms with Crippen LogP contribution in [0, 0.1) is 24.7 Å². The van der Waals surface area contributed by atoms with Gasteiger partial charge in [0.1, 0.15) is 17.6 Å². The first-order chi connectivity index (χ1) is 21.5. The van der Waals surface area contributed by atoms with E-state index in [0.717, 1.165) is 61.0 Å². The quantitative estimate of drug-likeness (QED) is 0.203. The van der Waals surface area contributed by atoms with E-state index in [1.165, 1.54) is 38.5 Å². The van der Waals surface area contributed by atoms with Gasteiger partial charge in [-0.25, -0.2) is 4.98 Å². The average molecular weight is 604 g/mol. The number of ether oxygens (including phenoxy) is 1. The standard InChI is InChI=1S/C34H49N7O3/c1-4-27-30(23(2)39-40-27)26-16-17-29(35-22-26)37-34(43)32(38-33(42)28-18-19-36-41(28)20-11-21-44-3)31(24-12-7-5-8-13-24)25-14-9-6-10-15-25/h16-19,22,24-25,31-32H,4-15,20-21H2,1-3H3,(H,38,42)(H,39,40)(H,35,37,43). The van der Waals surface area contributed by atoms with Crippen molar-refractivity contribution in [2.75, 3.05) is 19.0 Å². The number of nitrogens with one attached hydrogen (secondary N) is 3. The van der Waals surface area contributed by atoms with Gasteiger partial charge in [0.05, 0.1) is 5.69 Å². The van der Waals surface area contributed by atoms with Crippen LogP contribution in [-0.4, -0.2) is 56.5 Å². The first-order valence-electron chi connectivity index (χ1n) is 16.6. The molecule has 2 amide bonds. The first kappa shape index (κ1) is 31.9. The molecule has 0 radical (unpaired) electrons. The van der Waals surface area contributed by atoms with Gasteiger partial charge in [0.25, 0.3) is 5.91 Å². The molecular formula is C34H49N7O3. The van der Waals surface area contributed by atoms with Crippen LogP contribution in [0.2, 0.25) is 0 Å². The molecule has 2 saturated carbocycles. The Morgan fingerprint density at radius 1 is 1.05 bits per heavy atom. The lowest BCUT2D eigenvalue weighted by Gasteiger charge is -2.41. The zero-order chi connectivity index (χ0) is 30.9. The van der Waals surface area contributed by atoms with Gasteiger partial charge >= 0.3 is 0 Å². The summed E-state index contributed by atoms with van der Waals surface area (Å²) in [6, 6.07) is 4.89. The Balaban J connectivity index is 1.41. The predicted octanol–water partition coefficient (Wildman–Crippen LogP) is 6.09. The lowest BCUT2D eigenvalue weighted by atomic mass is 9.66. The molecule has 3 aromatic heterocycles. The summed E-state index contributed by atoms with van der Waals surface area (Å²) < 4.78 is 6.91. The fourth-order valence-corrected chi connectivity index (χ4v) is 7.52. The maximum Gasteiger partial charge on any atom is 0.270 e. The van der Waals surface area contributed by atoms with E-state index in [2.05, 4.69) is 37.8 Å². The number of carbonyl (C=O) groups excluding carboxylic acids is 2. The molecule has 10 heteroatoms. The van der Waals surface area contributed by atoms with Crippen LogP contribution in [0.1, 0.15) is 99.4 Å². The average Bonchev–Trinajstić information content (AvgIpc) is 3.68. The molecule has 0 spiro atoms. The predicted molar refractivity (Wildman–Crippen MR) is 171 cm³/mol. The number of anilines is 1. The van der Waals surface area contributed by atoms with Crippen LogP contribution < -0.4 is 10.6 Å². The van der Waals surface area contributed by atoms with Crippen LogP contribution in [0.15, 0.2) is 30.6 Å². The van der Waals surface area contributed by atoms with Gasteiger partial charge in [0, 0.05) is 49.5 Å². The second kappa shape index (κ2) is 15.5. The van der Waals surface area contributed by atoms with Gasteiger partial charge in [0.15, 0.2) is 0 Å². The maximum absolute atomic E-state index is 14.3. The Kier molecular flexibility index (Phi) is 11.2. The summed E-state index contributed by atoms with van der Waals surface area (Å²) in [6.45, 7) is 5.24. The van der Waals surface area contributed by atoms with E-state index in [1.54, 1.807) is 30.3 Å². The molecular weight excluding hydrogens is 554 g/mol. The summed E-state index contributed by atoms with van der Waals surface area (Å²) in [4.78, 5) is 32.8. The number of nitrogens with zero attached hydrogens (tertiary/aromatic N) is 4. The van der Waals surface area contributed by atoms with E-state index in [0.29, 0.717) is 36.5 Å². The number of aryl methyl sites for hydroxylation is 3. The maximum atomic E-state index is 14.3. The zero-order valence-electron chi connectivity index (χ0n) is 26.6. The number of pyridine rings is 1. The minimum absolute atomic E-state index is 0.0735. The summed E-state index contributed by atoms with van der Waals surface area (Å²) in [5.41, 5.74) is 4.47. The molecule has 0 saturated heterocycles. The van der Waals surface area contributed by atoms with Crippen LogP contribution >= 0.6 is 0 Å². The van der Waals surface area contributed by atoms with Crippen LogP contribution in [0.25, 0.3) is 11.1 Å². The number of rotatable bonds is 13. The highest BCUT2D eigenvalue weighted by Crippen LogP contribution is 2.42. The van der Waals surface area contributed by atoms with Crippen molar-refractivity contribution < 1.29 is 14.3 Å². The molecule has 1 unspecified atom stereocenters. The summed E-state index contributed by atoms with van der Waals surface area (Å²) in [5, 5.41) is 18.2. The molecule has 44 heavy (non-hydrogen) atoms. The van der Waals surface area contributed by atoms with Gasteiger partial charge in [-0.2, -0.15) is 10.2 Å². The van der Waals surface area contributed by atoms with Crippen molar-refractivity contribution in [1.29, 1.82) is 0 Å². The number of hydrogen-bond donors (Lipinski definition) is 3. The Hall–Kier alpha value is -3.53. The molecule has 1 atom stereocenters. The highest BCUT2D eigenvalue weighted by molar-refractivity contribution is 6.00. The molecule has 0 bridgehead atoms. The van der Waals surface area contributed by atoms with Gasteiger partial charge in [-0.15, -0.1) is 0 Å². The molecule has 0 aromatic carbocycles. The van der Waals surface area contributed by atoms with Crippen molar-refractivity contribution in [3.05, 3.63) is 47.7 Å². The number of amides is 2. The largest absolute Gasteiger partial charge is 0.385 e. The third-order valence-corrected chi connectivity index (χ3v) is 9.67. The molecule has 2 fully saturated rings. The SMILES string of the molecule is CCc1n[nH]c(C)c1-c1ccc(NC(=O)C(NC(=O)c2ccnn2CCCOC)C(C2CCCCC2)C2CCCCC2)nc1. The highest BCUT2D eigenvalue weighted by Gasteiger charge is 2.41. The number of hydrogen-bond acceptors (Lipinski definition) is 6. The number of carbonyl (C=O) groups is 2. The molecule has 3 aromatic rings. The van der Waals surface area contributed by atoms with Gasteiger partial charge < -0.3 is 15.4 Å². The van der Waals surface area contributed by atoms with E-state index in [4.69, 9.17) is 4.74 Å².